The molecule has 1 fully saturated rings. The summed E-state index contributed by atoms with van der Waals surface area (Å²) >= 11 is 5.14. The Hall–Kier alpha value is -2.36. The van der Waals surface area contributed by atoms with Crippen molar-refractivity contribution in [3.8, 4) is 0 Å². The first-order valence-electron chi connectivity index (χ1n) is 8.99. The van der Waals surface area contributed by atoms with Gasteiger partial charge in [0.2, 0.25) is 5.95 Å². The van der Waals surface area contributed by atoms with Crippen LogP contribution < -0.4 is 15.5 Å². The molecule has 3 heterocycles. The predicted octanol–water partition coefficient (Wildman–Crippen LogP) is 4.06. The maximum Gasteiger partial charge on any atom is 0.433 e. The number of furan rings is 1. The van der Waals surface area contributed by atoms with Crippen molar-refractivity contribution in [1.29, 1.82) is 0 Å². The highest BCUT2D eigenvalue weighted by Crippen LogP contribution is 2.32. The van der Waals surface area contributed by atoms with Crippen molar-refractivity contribution >= 4 is 29.1 Å². The minimum atomic E-state index is -4.58. The van der Waals surface area contributed by atoms with E-state index in [1.165, 1.54) is 6.26 Å². The van der Waals surface area contributed by atoms with Gasteiger partial charge in [-0.05, 0) is 42.6 Å². The van der Waals surface area contributed by atoms with Gasteiger partial charge < -0.3 is 20.0 Å². The molecule has 2 atom stereocenters. The van der Waals surface area contributed by atoms with E-state index in [0.717, 1.165) is 12.5 Å². The molecule has 3 rings (SSSR count). The molecule has 6 nitrogen and oxygen atoms in total. The third-order valence-corrected chi connectivity index (χ3v) is 4.67. The maximum absolute atomic E-state index is 13.3. The van der Waals surface area contributed by atoms with Crippen LogP contribution in [0.1, 0.15) is 31.7 Å². The highest BCUT2D eigenvalue weighted by atomic mass is 32.1. The zero-order valence-corrected chi connectivity index (χ0v) is 16.4. The molecular weight excluding hydrogens is 391 g/mol. The second-order valence-corrected chi connectivity index (χ2v) is 7.58. The SMILES string of the molecule is CC1CC(C)CN(c2cc(C(F)(F)F)nc(NC(=S)NCc3ccco3)n2)C1. The van der Waals surface area contributed by atoms with Crippen LogP contribution in [0.5, 0.6) is 0 Å². The Kier molecular flexibility index (Phi) is 6.07. The van der Waals surface area contributed by atoms with Crippen LogP contribution in [0.25, 0.3) is 0 Å². The van der Waals surface area contributed by atoms with E-state index in [-0.39, 0.29) is 16.9 Å². The Balaban J connectivity index is 1.78. The molecule has 10 heteroatoms. The van der Waals surface area contributed by atoms with Gasteiger partial charge in [0.1, 0.15) is 11.6 Å². The van der Waals surface area contributed by atoms with Crippen LogP contribution in [0.2, 0.25) is 0 Å². The molecule has 2 N–H and O–H groups in total. The first kappa shape index (κ1) is 20.4. The molecule has 2 aromatic rings. The second kappa shape index (κ2) is 8.34. The van der Waals surface area contributed by atoms with E-state index in [1.807, 2.05) is 4.90 Å². The van der Waals surface area contributed by atoms with E-state index in [4.69, 9.17) is 16.6 Å². The lowest BCUT2D eigenvalue weighted by atomic mass is 9.92. The zero-order chi connectivity index (χ0) is 20.3. The van der Waals surface area contributed by atoms with Crippen LogP contribution in [0.3, 0.4) is 0 Å². The fourth-order valence-electron chi connectivity index (χ4n) is 3.37. The standard InChI is InChI=1S/C18H22F3N5OS/c1-11-6-12(2)10-26(9-11)15-7-14(18(19,20)21)23-16(24-15)25-17(28)22-8-13-4-3-5-27-13/h3-5,7,11-12H,6,8-10H2,1-2H3,(H2,22,23,24,25,28). The fraction of sp³-hybridized carbons (Fsp3) is 0.500. The largest absolute Gasteiger partial charge is 0.467 e. The van der Waals surface area contributed by atoms with E-state index in [0.29, 0.717) is 37.2 Å². The molecule has 0 aromatic carbocycles. The fourth-order valence-corrected chi connectivity index (χ4v) is 3.54. The highest BCUT2D eigenvalue weighted by Gasteiger charge is 2.35. The normalized spacial score (nSPS) is 20.1. The van der Waals surface area contributed by atoms with Crippen molar-refractivity contribution in [3.63, 3.8) is 0 Å². The Morgan fingerprint density at radius 3 is 2.61 bits per heavy atom. The number of thiocarbonyl (C=S) groups is 1. The summed E-state index contributed by atoms with van der Waals surface area (Å²) in [6.45, 7) is 5.77. The molecule has 0 amide bonds. The van der Waals surface area contributed by atoms with Crippen LogP contribution in [-0.4, -0.2) is 28.2 Å². The van der Waals surface area contributed by atoms with Crippen LogP contribution in [0.4, 0.5) is 24.9 Å². The Morgan fingerprint density at radius 2 is 2.00 bits per heavy atom. The van der Waals surface area contributed by atoms with Crippen LogP contribution in [0.15, 0.2) is 28.9 Å². The van der Waals surface area contributed by atoms with Crippen molar-refractivity contribution in [2.75, 3.05) is 23.3 Å². The average molecular weight is 413 g/mol. The molecule has 0 radical (unpaired) electrons. The summed E-state index contributed by atoms with van der Waals surface area (Å²) < 4.78 is 45.2. The molecule has 28 heavy (non-hydrogen) atoms. The van der Waals surface area contributed by atoms with Gasteiger partial charge in [0.05, 0.1) is 12.8 Å². The van der Waals surface area contributed by atoms with Gasteiger partial charge in [-0.2, -0.15) is 18.2 Å². The van der Waals surface area contributed by atoms with Crippen molar-refractivity contribution in [2.24, 2.45) is 11.8 Å². The summed E-state index contributed by atoms with van der Waals surface area (Å²) in [6, 6.07) is 4.48. The van der Waals surface area contributed by atoms with Crippen LogP contribution >= 0.6 is 12.2 Å². The number of hydrogen-bond acceptors (Lipinski definition) is 5. The molecule has 2 aromatic heterocycles. The summed E-state index contributed by atoms with van der Waals surface area (Å²) in [5, 5.41) is 5.62. The Bertz CT molecular complexity index is 802. The van der Waals surface area contributed by atoms with Gasteiger partial charge in [0.25, 0.3) is 0 Å². The molecule has 0 bridgehead atoms. The lowest BCUT2D eigenvalue weighted by molar-refractivity contribution is -0.141. The third kappa shape index (κ3) is 5.34. The zero-order valence-electron chi connectivity index (χ0n) is 15.6. The molecular formula is C18H22F3N5OS. The number of rotatable bonds is 4. The van der Waals surface area contributed by atoms with Gasteiger partial charge in [0, 0.05) is 19.2 Å². The quantitative estimate of drug-likeness (QED) is 0.733. The number of nitrogens with one attached hydrogen (secondary N) is 2. The van der Waals surface area contributed by atoms with Crippen molar-refractivity contribution < 1.29 is 17.6 Å². The summed E-state index contributed by atoms with van der Waals surface area (Å²) in [5.74, 6) is 1.46. The molecule has 0 saturated carbocycles. The first-order chi connectivity index (χ1) is 13.2. The van der Waals surface area contributed by atoms with Crippen LogP contribution in [0, 0.1) is 11.8 Å². The summed E-state index contributed by atoms with van der Waals surface area (Å²) in [5.41, 5.74) is -1.00. The van der Waals surface area contributed by atoms with E-state index < -0.39 is 11.9 Å². The molecule has 2 unspecified atom stereocenters. The average Bonchev–Trinajstić information content (AvgIpc) is 3.11. The van der Waals surface area contributed by atoms with Crippen molar-refractivity contribution in [2.45, 2.75) is 33.0 Å². The summed E-state index contributed by atoms with van der Waals surface area (Å²) in [6.07, 6.45) is -2.01. The van der Waals surface area contributed by atoms with Crippen molar-refractivity contribution in [3.05, 3.63) is 35.9 Å². The van der Waals surface area contributed by atoms with E-state index in [2.05, 4.69) is 34.4 Å². The smallest absolute Gasteiger partial charge is 0.433 e. The maximum atomic E-state index is 13.3. The number of anilines is 2. The number of halogens is 3. The highest BCUT2D eigenvalue weighted by molar-refractivity contribution is 7.80. The van der Waals surface area contributed by atoms with Gasteiger partial charge in [-0.25, -0.2) is 4.98 Å². The lowest BCUT2D eigenvalue weighted by Gasteiger charge is -2.36. The summed E-state index contributed by atoms with van der Waals surface area (Å²) in [7, 11) is 0. The Labute approximate surface area is 166 Å². The third-order valence-electron chi connectivity index (χ3n) is 4.42. The predicted molar refractivity (Wildman–Crippen MR) is 104 cm³/mol. The van der Waals surface area contributed by atoms with Crippen LogP contribution in [-0.2, 0) is 12.7 Å². The molecule has 1 aliphatic heterocycles. The number of aromatic nitrogens is 2. The minimum absolute atomic E-state index is 0.113. The van der Waals surface area contributed by atoms with E-state index in [9.17, 15) is 13.2 Å². The monoisotopic (exact) mass is 413 g/mol. The van der Waals surface area contributed by atoms with E-state index >= 15 is 0 Å². The molecule has 1 saturated heterocycles. The molecule has 1 aliphatic rings. The number of alkyl halides is 3. The number of piperidine rings is 1. The van der Waals surface area contributed by atoms with Gasteiger partial charge in [0.15, 0.2) is 10.8 Å². The van der Waals surface area contributed by atoms with Gasteiger partial charge in [-0.15, -0.1) is 0 Å². The number of hydrogen-bond donors (Lipinski definition) is 2. The summed E-state index contributed by atoms with van der Waals surface area (Å²) in [4.78, 5) is 9.75. The minimum Gasteiger partial charge on any atom is -0.467 e. The first-order valence-corrected chi connectivity index (χ1v) is 9.40. The molecule has 0 spiro atoms. The van der Waals surface area contributed by atoms with Crippen molar-refractivity contribution in [1.82, 2.24) is 15.3 Å². The topological polar surface area (TPSA) is 66.2 Å². The Morgan fingerprint density at radius 1 is 1.29 bits per heavy atom. The number of nitrogens with zero attached hydrogens (tertiary/aromatic N) is 3. The van der Waals surface area contributed by atoms with Gasteiger partial charge in [-0.1, -0.05) is 13.8 Å². The lowest BCUT2D eigenvalue weighted by Crippen LogP contribution is -2.39. The molecule has 152 valence electrons. The van der Waals surface area contributed by atoms with Gasteiger partial charge >= 0.3 is 6.18 Å². The second-order valence-electron chi connectivity index (χ2n) is 7.17. The van der Waals surface area contributed by atoms with Gasteiger partial charge in [-0.3, -0.25) is 0 Å². The van der Waals surface area contributed by atoms with E-state index in [1.54, 1.807) is 12.1 Å². The molecule has 0 aliphatic carbocycles.